The predicted molar refractivity (Wildman–Crippen MR) is 71.2 cm³/mol. The maximum Gasteiger partial charge on any atom is 0.267 e. The van der Waals surface area contributed by atoms with Crippen LogP contribution in [-0.2, 0) is 7.05 Å². The van der Waals surface area contributed by atoms with E-state index in [-0.39, 0.29) is 18.3 Å². The highest BCUT2D eigenvalue weighted by Crippen LogP contribution is 2.13. The molecule has 0 aliphatic rings. The van der Waals surface area contributed by atoms with Gasteiger partial charge < -0.3 is 15.2 Å². The van der Waals surface area contributed by atoms with Crippen molar-refractivity contribution < 1.29 is 4.79 Å². The van der Waals surface area contributed by atoms with E-state index in [4.69, 9.17) is 0 Å². The molecule has 1 amide bonds. The minimum absolute atomic E-state index is 0. The van der Waals surface area contributed by atoms with Crippen molar-refractivity contribution in [2.45, 2.75) is 6.42 Å². The molecule has 0 spiro atoms. The van der Waals surface area contributed by atoms with E-state index >= 15 is 0 Å². The van der Waals surface area contributed by atoms with Gasteiger partial charge in [0.2, 0.25) is 0 Å². The number of aromatic nitrogens is 1. The zero-order valence-electron chi connectivity index (χ0n) is 9.42. The van der Waals surface area contributed by atoms with E-state index in [0.717, 1.165) is 17.4 Å². The van der Waals surface area contributed by atoms with Crippen LogP contribution in [0.4, 0.5) is 0 Å². The number of aryl methyl sites for hydroxylation is 1. The third-order valence-electron chi connectivity index (χ3n) is 2.09. The average Bonchev–Trinajstić information content (AvgIpc) is 2.52. The molecule has 0 unspecified atom stereocenters. The molecule has 4 nitrogen and oxygen atoms in total. The van der Waals surface area contributed by atoms with Gasteiger partial charge in [-0.05, 0) is 42.0 Å². The summed E-state index contributed by atoms with van der Waals surface area (Å²) in [4.78, 5) is 11.7. The van der Waals surface area contributed by atoms with Crippen LogP contribution in [0.25, 0.3) is 0 Å². The second kappa shape index (κ2) is 7.70. The summed E-state index contributed by atoms with van der Waals surface area (Å²) in [6.07, 6.45) is 2.80. The Balaban J connectivity index is 0.00000225. The number of hydrogen-bond donors (Lipinski definition) is 2. The standard InChI is InChI=1S/C10H16BrN3O.ClH/c1-12-4-3-5-13-10(15)9-6-8(11)7-14(9)2;/h6-7,12H,3-5H2,1-2H3,(H,13,15);1H. The quantitative estimate of drug-likeness (QED) is 0.811. The Kier molecular flexibility index (Phi) is 7.45. The van der Waals surface area contributed by atoms with Crippen LogP contribution in [0, 0.1) is 0 Å². The number of amides is 1. The van der Waals surface area contributed by atoms with E-state index in [2.05, 4.69) is 26.6 Å². The van der Waals surface area contributed by atoms with Gasteiger partial charge in [-0.2, -0.15) is 0 Å². The summed E-state index contributed by atoms with van der Waals surface area (Å²) in [5.74, 6) is -0.0284. The monoisotopic (exact) mass is 309 g/mol. The van der Waals surface area contributed by atoms with E-state index in [1.54, 1.807) is 4.57 Å². The summed E-state index contributed by atoms with van der Waals surface area (Å²) in [5, 5.41) is 5.90. The first kappa shape index (κ1) is 15.5. The number of rotatable bonds is 5. The van der Waals surface area contributed by atoms with Gasteiger partial charge in [0.05, 0.1) is 0 Å². The first-order valence-electron chi connectivity index (χ1n) is 4.90. The van der Waals surface area contributed by atoms with Crippen LogP contribution in [0.15, 0.2) is 16.7 Å². The van der Waals surface area contributed by atoms with Crippen LogP contribution in [0.1, 0.15) is 16.9 Å². The first-order valence-corrected chi connectivity index (χ1v) is 5.69. The smallest absolute Gasteiger partial charge is 0.267 e. The molecule has 16 heavy (non-hydrogen) atoms. The molecule has 0 radical (unpaired) electrons. The Morgan fingerprint density at radius 1 is 1.50 bits per heavy atom. The lowest BCUT2D eigenvalue weighted by atomic mass is 10.3. The van der Waals surface area contributed by atoms with Crippen LogP contribution in [-0.4, -0.2) is 30.6 Å². The van der Waals surface area contributed by atoms with E-state index < -0.39 is 0 Å². The van der Waals surface area contributed by atoms with Crippen molar-refractivity contribution in [1.82, 2.24) is 15.2 Å². The van der Waals surface area contributed by atoms with Crippen LogP contribution >= 0.6 is 28.3 Å². The third-order valence-corrected chi connectivity index (χ3v) is 2.53. The topological polar surface area (TPSA) is 46.1 Å². The van der Waals surface area contributed by atoms with Crippen LogP contribution < -0.4 is 10.6 Å². The third kappa shape index (κ3) is 4.55. The molecular formula is C10H17BrClN3O. The van der Waals surface area contributed by atoms with Crippen LogP contribution in [0.5, 0.6) is 0 Å². The number of carbonyl (C=O) groups excluding carboxylic acids is 1. The molecular weight excluding hydrogens is 293 g/mol. The molecule has 0 aliphatic heterocycles. The van der Waals surface area contributed by atoms with Gasteiger partial charge in [0.1, 0.15) is 5.69 Å². The molecule has 0 bridgehead atoms. The zero-order valence-corrected chi connectivity index (χ0v) is 11.8. The zero-order chi connectivity index (χ0) is 11.3. The second-order valence-corrected chi connectivity index (χ2v) is 4.28. The fourth-order valence-electron chi connectivity index (χ4n) is 1.31. The van der Waals surface area contributed by atoms with E-state index in [0.29, 0.717) is 12.2 Å². The minimum Gasteiger partial charge on any atom is -0.351 e. The Morgan fingerprint density at radius 3 is 2.69 bits per heavy atom. The molecule has 1 heterocycles. The fourth-order valence-corrected chi connectivity index (χ4v) is 1.83. The summed E-state index contributed by atoms with van der Waals surface area (Å²) < 4.78 is 2.72. The summed E-state index contributed by atoms with van der Waals surface area (Å²) in [6, 6.07) is 1.81. The normalized spacial score (nSPS) is 9.69. The number of nitrogens with zero attached hydrogens (tertiary/aromatic N) is 1. The highest BCUT2D eigenvalue weighted by atomic mass is 79.9. The van der Waals surface area contributed by atoms with E-state index in [1.807, 2.05) is 26.4 Å². The lowest BCUT2D eigenvalue weighted by Crippen LogP contribution is -2.27. The van der Waals surface area contributed by atoms with Gasteiger partial charge >= 0.3 is 0 Å². The summed E-state index contributed by atoms with van der Waals surface area (Å²) in [6.45, 7) is 1.61. The molecule has 0 atom stereocenters. The van der Waals surface area contributed by atoms with Crippen LogP contribution in [0.3, 0.4) is 0 Å². The number of hydrogen-bond acceptors (Lipinski definition) is 2. The predicted octanol–water partition coefficient (Wildman–Crippen LogP) is 1.55. The van der Waals surface area contributed by atoms with Crippen molar-refractivity contribution in [1.29, 1.82) is 0 Å². The molecule has 0 saturated carbocycles. The van der Waals surface area contributed by atoms with E-state index in [9.17, 15) is 4.79 Å². The van der Waals surface area contributed by atoms with Crippen molar-refractivity contribution in [3.05, 3.63) is 22.4 Å². The molecule has 6 heteroatoms. The maximum absolute atomic E-state index is 11.7. The fraction of sp³-hybridized carbons (Fsp3) is 0.500. The van der Waals surface area contributed by atoms with Gasteiger partial charge in [-0.1, -0.05) is 0 Å². The molecule has 0 fully saturated rings. The van der Waals surface area contributed by atoms with Gasteiger partial charge in [0.15, 0.2) is 0 Å². The van der Waals surface area contributed by atoms with Gasteiger partial charge in [-0.15, -0.1) is 12.4 Å². The minimum atomic E-state index is -0.0284. The van der Waals surface area contributed by atoms with Crippen molar-refractivity contribution in [3.8, 4) is 0 Å². The number of halogens is 2. The SMILES string of the molecule is CNCCCNC(=O)c1cc(Br)cn1C.Cl. The van der Waals surface area contributed by atoms with E-state index in [1.165, 1.54) is 0 Å². The molecule has 0 saturated heterocycles. The molecule has 1 rings (SSSR count). The largest absolute Gasteiger partial charge is 0.351 e. The lowest BCUT2D eigenvalue weighted by Gasteiger charge is -2.05. The summed E-state index contributed by atoms with van der Waals surface area (Å²) in [7, 11) is 3.75. The Morgan fingerprint density at radius 2 is 2.19 bits per heavy atom. The second-order valence-electron chi connectivity index (χ2n) is 3.37. The lowest BCUT2D eigenvalue weighted by molar-refractivity contribution is 0.0945. The molecule has 0 aliphatic carbocycles. The van der Waals surface area contributed by atoms with Gasteiger partial charge in [-0.25, -0.2) is 0 Å². The first-order chi connectivity index (χ1) is 7.15. The number of nitrogens with one attached hydrogen (secondary N) is 2. The van der Waals surface area contributed by atoms with Crippen molar-refractivity contribution >= 4 is 34.2 Å². The van der Waals surface area contributed by atoms with Gasteiger partial charge in [-0.3, -0.25) is 4.79 Å². The summed E-state index contributed by atoms with van der Waals surface area (Å²) >= 11 is 3.33. The maximum atomic E-state index is 11.7. The molecule has 92 valence electrons. The summed E-state index contributed by atoms with van der Waals surface area (Å²) in [5.41, 5.74) is 0.673. The van der Waals surface area contributed by atoms with Crippen molar-refractivity contribution in [3.63, 3.8) is 0 Å². The van der Waals surface area contributed by atoms with Crippen molar-refractivity contribution in [2.75, 3.05) is 20.1 Å². The highest BCUT2D eigenvalue weighted by Gasteiger charge is 2.09. The Hall–Kier alpha value is -0.520. The number of carbonyl (C=O) groups is 1. The molecule has 2 N–H and O–H groups in total. The van der Waals surface area contributed by atoms with Gasteiger partial charge in [0, 0.05) is 24.3 Å². The molecule has 1 aromatic heterocycles. The molecule has 0 aromatic carbocycles. The average molecular weight is 311 g/mol. The Bertz CT molecular complexity index is 341. The van der Waals surface area contributed by atoms with Crippen molar-refractivity contribution in [2.24, 2.45) is 7.05 Å². The van der Waals surface area contributed by atoms with Gasteiger partial charge in [0.25, 0.3) is 5.91 Å². The molecule has 1 aromatic rings. The highest BCUT2D eigenvalue weighted by molar-refractivity contribution is 9.10. The Labute approximate surface area is 110 Å². The van der Waals surface area contributed by atoms with Crippen LogP contribution in [0.2, 0.25) is 0 Å².